The number of carbonyl (C=O) groups excluding carboxylic acids is 3. The molecule has 8 nitrogen and oxygen atoms in total. The first-order chi connectivity index (χ1) is 17.1. The molecule has 0 N–H and O–H groups in total. The van der Waals surface area contributed by atoms with Crippen LogP contribution in [0.1, 0.15) is 66.2 Å². The minimum atomic E-state index is -1.27. The van der Waals surface area contributed by atoms with Crippen molar-refractivity contribution < 1.29 is 37.7 Å². The second-order valence-electron chi connectivity index (χ2n) is 11.5. The molecule has 0 amide bonds. The van der Waals surface area contributed by atoms with Crippen molar-refractivity contribution in [3.8, 4) is 0 Å². The van der Waals surface area contributed by atoms with Crippen molar-refractivity contribution in [3.05, 3.63) is 23.8 Å². The Morgan fingerprint density at radius 1 is 1.28 bits per heavy atom. The number of esters is 1. The van der Waals surface area contributed by atoms with Crippen LogP contribution in [0, 0.1) is 28.6 Å². The average Bonchev–Trinajstić information content (AvgIpc) is 3.30. The van der Waals surface area contributed by atoms with Gasteiger partial charge in [-0.3, -0.25) is 18.9 Å². The zero-order valence-electron chi connectivity index (χ0n) is 21.4. The lowest BCUT2D eigenvalue weighted by Crippen LogP contribution is -2.63. The topological polar surface area (TPSA) is 105 Å². The van der Waals surface area contributed by atoms with Gasteiger partial charge in [0.15, 0.2) is 24.3 Å². The number of hydrogen-bond acceptors (Lipinski definition) is 8. The van der Waals surface area contributed by atoms with Crippen LogP contribution in [0.4, 0.5) is 0 Å². The predicted molar refractivity (Wildman–Crippen MR) is 129 cm³/mol. The number of rotatable bonds is 7. The maximum atomic E-state index is 13.9. The minimum absolute atomic E-state index is 0.00447. The Labute approximate surface area is 213 Å². The van der Waals surface area contributed by atoms with Crippen molar-refractivity contribution in [2.24, 2.45) is 28.6 Å². The zero-order chi connectivity index (χ0) is 25.9. The van der Waals surface area contributed by atoms with E-state index in [1.54, 1.807) is 12.2 Å². The predicted octanol–water partition coefficient (Wildman–Crippen LogP) is 4.52. The van der Waals surface area contributed by atoms with E-state index < -0.39 is 49.6 Å². The van der Waals surface area contributed by atoms with Gasteiger partial charge in [0.2, 0.25) is 5.78 Å². The molecule has 3 saturated carbocycles. The van der Waals surface area contributed by atoms with E-state index in [0.29, 0.717) is 19.3 Å². The van der Waals surface area contributed by atoms with Crippen LogP contribution in [-0.2, 0) is 37.7 Å². The highest BCUT2D eigenvalue weighted by atomic mass is 31.1. The molecule has 0 aromatic heterocycles. The molecular weight excluding hydrogens is 483 g/mol. The van der Waals surface area contributed by atoms with E-state index >= 15 is 0 Å². The first kappa shape index (κ1) is 25.9. The van der Waals surface area contributed by atoms with Crippen molar-refractivity contribution in [3.63, 3.8) is 0 Å². The summed E-state index contributed by atoms with van der Waals surface area (Å²) in [6, 6.07) is 0. The third-order valence-corrected chi connectivity index (χ3v) is 10.1. The number of hydrogen-bond donors (Lipinski definition) is 0. The molecule has 1 saturated heterocycles. The van der Waals surface area contributed by atoms with Gasteiger partial charge in [-0.1, -0.05) is 38.8 Å². The Balaban J connectivity index is 1.57. The van der Waals surface area contributed by atoms with Crippen LogP contribution < -0.4 is 0 Å². The molecule has 0 aromatic rings. The number of allylic oxidation sites excluding steroid dienone is 4. The molecular formula is C27H35O8P. The van der Waals surface area contributed by atoms with Crippen LogP contribution in [0.25, 0.3) is 0 Å². The van der Waals surface area contributed by atoms with Crippen molar-refractivity contribution >= 4 is 26.2 Å². The lowest BCUT2D eigenvalue weighted by atomic mass is 9.46. The fourth-order valence-electron chi connectivity index (χ4n) is 8.40. The van der Waals surface area contributed by atoms with Gasteiger partial charge in [0.25, 0.3) is 0 Å². The first-order valence-electron chi connectivity index (χ1n) is 13.0. The van der Waals surface area contributed by atoms with E-state index in [9.17, 15) is 18.9 Å². The summed E-state index contributed by atoms with van der Waals surface area (Å²) in [5.41, 5.74) is -1.24. The molecule has 36 heavy (non-hydrogen) atoms. The van der Waals surface area contributed by atoms with Gasteiger partial charge in [0, 0.05) is 23.7 Å². The van der Waals surface area contributed by atoms with Crippen molar-refractivity contribution in [2.45, 2.75) is 90.3 Å². The summed E-state index contributed by atoms with van der Waals surface area (Å²) in [5, 5.41) is 0. The highest BCUT2D eigenvalue weighted by Crippen LogP contribution is 2.70. The summed E-state index contributed by atoms with van der Waals surface area (Å²) >= 11 is 0. The largest absolute Gasteiger partial charge is 0.458 e. The Hall–Kier alpha value is -1.73. The van der Waals surface area contributed by atoms with E-state index in [1.807, 2.05) is 13.0 Å². The number of ether oxygens (including phenoxy) is 3. The Morgan fingerprint density at radius 3 is 2.75 bits per heavy atom. The fourth-order valence-corrected chi connectivity index (χ4v) is 8.71. The SMILES string of the molecule is CCCC1O[C@@H]2C[C@H]3[C@@H]4CCC5=CC(=O)C=C[C@]5(C)[C@H]4[C@@H](OP=O)C[C@]3(C)[C@]2(C(=O)COC(C)=O)O1. The number of fused-ring (bicyclic) bond motifs is 7. The van der Waals surface area contributed by atoms with E-state index in [2.05, 4.69) is 13.8 Å². The van der Waals surface area contributed by atoms with Crippen LogP contribution >= 0.6 is 8.69 Å². The summed E-state index contributed by atoms with van der Waals surface area (Å²) in [7, 11) is -0.419. The van der Waals surface area contributed by atoms with Gasteiger partial charge < -0.3 is 14.2 Å². The van der Waals surface area contributed by atoms with Crippen LogP contribution in [-0.4, -0.2) is 48.2 Å². The van der Waals surface area contributed by atoms with E-state index in [-0.39, 0.29) is 35.9 Å². The third kappa shape index (κ3) is 3.63. The van der Waals surface area contributed by atoms with Crippen molar-refractivity contribution in [1.29, 1.82) is 0 Å². The number of Topliss-reactive ketones (excluding diaryl/α,β-unsaturated/α-hetero) is 1. The second kappa shape index (κ2) is 9.23. The molecule has 4 fully saturated rings. The molecule has 0 radical (unpaired) electrons. The Kier molecular flexibility index (Phi) is 6.64. The summed E-state index contributed by atoms with van der Waals surface area (Å²) in [6.07, 6.45) is 8.20. The second-order valence-corrected chi connectivity index (χ2v) is 11.9. The molecule has 196 valence electrons. The van der Waals surface area contributed by atoms with Crippen LogP contribution in [0.15, 0.2) is 23.8 Å². The zero-order valence-corrected chi connectivity index (χ0v) is 22.3. The number of carbonyl (C=O) groups is 3. The summed E-state index contributed by atoms with van der Waals surface area (Å²) < 4.78 is 35.8. The molecule has 0 spiro atoms. The molecule has 1 aliphatic heterocycles. The minimum Gasteiger partial charge on any atom is -0.458 e. The molecule has 0 bridgehead atoms. The molecule has 9 atom stereocenters. The maximum Gasteiger partial charge on any atom is 0.327 e. The van der Waals surface area contributed by atoms with Crippen molar-refractivity contribution in [1.82, 2.24) is 0 Å². The van der Waals surface area contributed by atoms with Gasteiger partial charge >= 0.3 is 14.7 Å². The van der Waals surface area contributed by atoms with E-state index in [0.717, 1.165) is 24.8 Å². The van der Waals surface area contributed by atoms with Crippen LogP contribution in [0.5, 0.6) is 0 Å². The van der Waals surface area contributed by atoms with Gasteiger partial charge in [0.05, 0.1) is 12.2 Å². The van der Waals surface area contributed by atoms with Crippen molar-refractivity contribution in [2.75, 3.05) is 6.61 Å². The van der Waals surface area contributed by atoms with Gasteiger partial charge in [-0.15, -0.1) is 0 Å². The van der Waals surface area contributed by atoms with Gasteiger partial charge in [-0.05, 0) is 56.1 Å². The number of ketones is 2. The lowest BCUT2D eigenvalue weighted by molar-refractivity contribution is -0.198. The van der Waals surface area contributed by atoms with E-state index in [1.165, 1.54) is 6.92 Å². The standard InChI is InChI=1S/C27H35O8P/c1-5-6-23-33-22-12-19-18-8-7-16-11-17(29)9-10-25(16,3)24(18)20(35-36-31)13-26(19,4)27(22,34-23)21(30)14-32-15(2)28/h9-11,18-20,22-24H,5-8,12-14H2,1-4H3/t18-,19-,20-,22+,23?,24+,25-,26-,27+/m0/s1. The van der Waals surface area contributed by atoms with Gasteiger partial charge in [-0.2, -0.15) is 0 Å². The van der Waals surface area contributed by atoms with Gasteiger partial charge in [-0.25, -0.2) is 4.57 Å². The molecule has 4 aliphatic carbocycles. The first-order valence-corrected chi connectivity index (χ1v) is 13.8. The molecule has 5 aliphatic rings. The molecule has 0 aromatic carbocycles. The Morgan fingerprint density at radius 2 is 2.06 bits per heavy atom. The normalized spacial score (nSPS) is 44.9. The van der Waals surface area contributed by atoms with E-state index in [4.69, 9.17) is 18.7 Å². The van der Waals surface area contributed by atoms with Gasteiger partial charge in [0.1, 0.15) is 0 Å². The van der Waals surface area contributed by atoms with Crippen LogP contribution in [0.3, 0.4) is 0 Å². The maximum absolute atomic E-state index is 13.9. The summed E-state index contributed by atoms with van der Waals surface area (Å²) in [5.74, 6) is -0.579. The molecule has 1 heterocycles. The monoisotopic (exact) mass is 518 g/mol. The summed E-state index contributed by atoms with van der Waals surface area (Å²) in [6.45, 7) is 7.17. The smallest absolute Gasteiger partial charge is 0.327 e. The molecule has 9 heteroatoms. The molecule has 1 unspecified atom stereocenters. The third-order valence-electron chi connectivity index (χ3n) is 9.79. The molecule has 5 rings (SSSR count). The quantitative estimate of drug-likeness (QED) is 0.358. The Bertz CT molecular complexity index is 1040. The average molecular weight is 519 g/mol. The lowest BCUT2D eigenvalue weighted by Gasteiger charge is -2.60. The highest BCUT2D eigenvalue weighted by Gasteiger charge is 2.76. The van der Waals surface area contributed by atoms with Crippen LogP contribution in [0.2, 0.25) is 0 Å². The fraction of sp³-hybridized carbons (Fsp3) is 0.741. The highest BCUT2D eigenvalue weighted by molar-refractivity contribution is 7.17. The summed E-state index contributed by atoms with van der Waals surface area (Å²) in [4.78, 5) is 37.6.